The SMILES string of the molecule is [CH2]NSC(C)(C)CC#N. The molecule has 3 heteroatoms. The molecule has 51 valence electrons. The maximum absolute atomic E-state index is 8.32. The first kappa shape index (κ1) is 8.80. The van der Waals surface area contributed by atoms with Gasteiger partial charge in [-0.1, -0.05) is 11.9 Å². The second-order valence-electron chi connectivity index (χ2n) is 2.34. The molecule has 0 bridgehead atoms. The van der Waals surface area contributed by atoms with E-state index in [0.717, 1.165) is 0 Å². The molecule has 2 nitrogen and oxygen atoms in total. The van der Waals surface area contributed by atoms with Crippen molar-refractivity contribution in [2.75, 3.05) is 0 Å². The average Bonchev–Trinajstić information content (AvgIpc) is 1.64. The summed E-state index contributed by atoms with van der Waals surface area (Å²) in [6, 6.07) is 2.10. The highest BCUT2D eigenvalue weighted by Gasteiger charge is 2.16. The smallest absolute Gasteiger partial charge is 0.0636 e. The Bertz CT molecular complexity index is 115. The van der Waals surface area contributed by atoms with E-state index in [1.165, 1.54) is 11.9 Å². The van der Waals surface area contributed by atoms with E-state index >= 15 is 0 Å². The van der Waals surface area contributed by atoms with E-state index < -0.39 is 0 Å². The van der Waals surface area contributed by atoms with E-state index in [2.05, 4.69) is 17.8 Å². The Morgan fingerprint density at radius 1 is 1.78 bits per heavy atom. The number of hydrogen-bond acceptors (Lipinski definition) is 3. The quantitative estimate of drug-likeness (QED) is 0.611. The molecule has 0 rings (SSSR count). The van der Waals surface area contributed by atoms with Crippen molar-refractivity contribution in [1.82, 2.24) is 4.72 Å². The minimum Gasteiger partial charge on any atom is -0.262 e. The summed E-state index contributed by atoms with van der Waals surface area (Å²) in [6.45, 7) is 4.00. The molecule has 0 aliphatic carbocycles. The summed E-state index contributed by atoms with van der Waals surface area (Å²) in [4.78, 5) is 0. The maximum atomic E-state index is 8.32. The molecule has 0 aromatic carbocycles. The van der Waals surface area contributed by atoms with Crippen molar-refractivity contribution in [3.05, 3.63) is 7.05 Å². The fourth-order valence-corrected chi connectivity index (χ4v) is 0.949. The van der Waals surface area contributed by atoms with Crippen LogP contribution in [0, 0.1) is 18.4 Å². The van der Waals surface area contributed by atoms with E-state index in [0.29, 0.717) is 6.42 Å². The lowest BCUT2D eigenvalue weighted by atomic mass is 10.1. The molecule has 0 heterocycles. The van der Waals surface area contributed by atoms with E-state index in [4.69, 9.17) is 5.26 Å². The Balaban J connectivity index is 3.59. The molecule has 0 aliphatic heterocycles. The first-order chi connectivity index (χ1) is 4.12. The van der Waals surface area contributed by atoms with Crippen LogP contribution in [0.1, 0.15) is 20.3 Å². The minimum atomic E-state index is -0.0174. The van der Waals surface area contributed by atoms with E-state index in [1.54, 1.807) is 0 Å². The van der Waals surface area contributed by atoms with Gasteiger partial charge in [0.2, 0.25) is 0 Å². The van der Waals surface area contributed by atoms with Crippen LogP contribution in [0.3, 0.4) is 0 Å². The van der Waals surface area contributed by atoms with Gasteiger partial charge in [-0.25, -0.2) is 0 Å². The third-order valence-electron chi connectivity index (χ3n) is 0.853. The molecule has 1 radical (unpaired) electrons. The van der Waals surface area contributed by atoms with Crippen LogP contribution in [0.2, 0.25) is 0 Å². The molecule has 0 unspecified atom stereocenters. The van der Waals surface area contributed by atoms with Gasteiger partial charge in [0.25, 0.3) is 0 Å². The second-order valence-corrected chi connectivity index (χ2v) is 3.94. The van der Waals surface area contributed by atoms with E-state index in [-0.39, 0.29) is 4.75 Å². The van der Waals surface area contributed by atoms with Crippen LogP contribution in [0.5, 0.6) is 0 Å². The molecule has 0 spiro atoms. The highest BCUT2D eigenvalue weighted by molar-refractivity contribution is 7.98. The van der Waals surface area contributed by atoms with Gasteiger partial charge >= 0.3 is 0 Å². The fourth-order valence-electron chi connectivity index (χ4n) is 0.422. The number of hydrogen-bond donors (Lipinski definition) is 1. The molecular weight excluding hydrogens is 132 g/mol. The molecule has 0 atom stereocenters. The van der Waals surface area contributed by atoms with Crippen LogP contribution in [-0.2, 0) is 0 Å². The predicted octanol–water partition coefficient (Wildman–Crippen LogP) is 1.71. The summed E-state index contributed by atoms with van der Waals surface area (Å²) in [5, 5.41) is 8.32. The third kappa shape index (κ3) is 4.31. The Labute approximate surface area is 60.8 Å². The molecule has 0 aromatic heterocycles. The maximum Gasteiger partial charge on any atom is 0.0636 e. The zero-order chi connectivity index (χ0) is 7.33. The molecule has 0 aromatic rings. The third-order valence-corrected chi connectivity index (χ3v) is 1.69. The largest absolute Gasteiger partial charge is 0.262 e. The molecule has 0 saturated heterocycles. The van der Waals surface area contributed by atoms with Crippen molar-refractivity contribution < 1.29 is 0 Å². The normalized spacial score (nSPS) is 10.9. The summed E-state index contributed by atoms with van der Waals surface area (Å²) < 4.78 is 2.69. The van der Waals surface area contributed by atoms with E-state index in [9.17, 15) is 0 Å². The molecule has 0 amide bonds. The number of nitrogens with one attached hydrogen (secondary N) is 1. The van der Waals surface area contributed by atoms with Crippen molar-refractivity contribution in [2.24, 2.45) is 0 Å². The predicted molar refractivity (Wildman–Crippen MR) is 40.4 cm³/mol. The van der Waals surface area contributed by atoms with Crippen LogP contribution in [0.25, 0.3) is 0 Å². The summed E-state index contributed by atoms with van der Waals surface area (Å²) in [6.07, 6.45) is 0.542. The summed E-state index contributed by atoms with van der Waals surface area (Å²) >= 11 is 1.47. The van der Waals surface area contributed by atoms with Crippen molar-refractivity contribution in [1.29, 1.82) is 5.26 Å². The topological polar surface area (TPSA) is 35.8 Å². The lowest BCUT2D eigenvalue weighted by Crippen LogP contribution is -2.17. The molecule has 1 N–H and O–H groups in total. The molecule has 9 heavy (non-hydrogen) atoms. The lowest BCUT2D eigenvalue weighted by Gasteiger charge is -2.18. The zero-order valence-corrected chi connectivity index (χ0v) is 6.59. The number of nitriles is 1. The van der Waals surface area contributed by atoms with Crippen molar-refractivity contribution in [2.45, 2.75) is 25.0 Å². The van der Waals surface area contributed by atoms with E-state index in [1.807, 2.05) is 13.8 Å². The van der Waals surface area contributed by atoms with Gasteiger partial charge in [-0.05, 0) is 13.8 Å². The second kappa shape index (κ2) is 3.76. The average molecular weight is 143 g/mol. The Morgan fingerprint density at radius 2 is 2.33 bits per heavy atom. The Morgan fingerprint density at radius 3 is 2.67 bits per heavy atom. The van der Waals surface area contributed by atoms with Gasteiger partial charge in [-0.15, -0.1) is 0 Å². The Hall–Kier alpha value is -0.200. The standard InChI is InChI=1S/C6H11N2S/c1-6(2,4-5-7)9-8-3/h8H,3-4H2,1-2H3. The van der Waals surface area contributed by atoms with Crippen LogP contribution < -0.4 is 4.72 Å². The summed E-state index contributed by atoms with van der Waals surface area (Å²) in [5.74, 6) is 0. The summed E-state index contributed by atoms with van der Waals surface area (Å²) in [5.41, 5.74) is 0. The van der Waals surface area contributed by atoms with Gasteiger partial charge in [-0.2, -0.15) is 5.26 Å². The minimum absolute atomic E-state index is 0.0174. The molecular formula is C6H11N2S. The first-order valence-electron chi connectivity index (χ1n) is 2.69. The van der Waals surface area contributed by atoms with Crippen LogP contribution in [0.15, 0.2) is 0 Å². The monoisotopic (exact) mass is 143 g/mol. The Kier molecular flexibility index (Phi) is 3.67. The lowest BCUT2D eigenvalue weighted by molar-refractivity contribution is 0.731. The van der Waals surface area contributed by atoms with Gasteiger partial charge in [0.15, 0.2) is 0 Å². The number of rotatable bonds is 3. The van der Waals surface area contributed by atoms with Crippen LogP contribution in [0.4, 0.5) is 0 Å². The van der Waals surface area contributed by atoms with Gasteiger partial charge in [0.1, 0.15) is 0 Å². The van der Waals surface area contributed by atoms with Crippen molar-refractivity contribution >= 4 is 11.9 Å². The van der Waals surface area contributed by atoms with Gasteiger partial charge in [0.05, 0.1) is 12.5 Å². The van der Waals surface area contributed by atoms with Gasteiger partial charge in [-0.3, -0.25) is 4.72 Å². The van der Waals surface area contributed by atoms with Crippen molar-refractivity contribution in [3.63, 3.8) is 0 Å². The molecule has 0 fully saturated rings. The summed E-state index contributed by atoms with van der Waals surface area (Å²) in [7, 11) is 3.46. The highest BCUT2D eigenvalue weighted by atomic mass is 32.2. The number of nitrogens with zero attached hydrogens (tertiary/aromatic N) is 1. The van der Waals surface area contributed by atoms with Gasteiger partial charge in [0, 0.05) is 11.8 Å². The molecule has 0 aliphatic rings. The zero-order valence-electron chi connectivity index (χ0n) is 5.77. The van der Waals surface area contributed by atoms with Crippen LogP contribution >= 0.6 is 11.9 Å². The van der Waals surface area contributed by atoms with Gasteiger partial charge < -0.3 is 0 Å². The first-order valence-corrected chi connectivity index (χ1v) is 3.51. The molecule has 0 saturated carbocycles. The van der Waals surface area contributed by atoms with Crippen molar-refractivity contribution in [3.8, 4) is 6.07 Å². The fraction of sp³-hybridized carbons (Fsp3) is 0.667. The van der Waals surface area contributed by atoms with Crippen LogP contribution in [-0.4, -0.2) is 4.75 Å². The highest BCUT2D eigenvalue weighted by Crippen LogP contribution is 2.23.